The first kappa shape index (κ1) is 14.4. The van der Waals surface area contributed by atoms with E-state index < -0.39 is 0 Å². The van der Waals surface area contributed by atoms with E-state index in [-0.39, 0.29) is 6.04 Å². The van der Waals surface area contributed by atoms with Gasteiger partial charge in [0, 0.05) is 12.1 Å². The smallest absolute Gasteiger partial charge is 0.101 e. The maximum atomic E-state index is 9.29. The molecule has 0 saturated heterocycles. The van der Waals surface area contributed by atoms with Gasteiger partial charge in [0.05, 0.1) is 17.3 Å². The van der Waals surface area contributed by atoms with Crippen LogP contribution in [0.5, 0.6) is 0 Å². The Morgan fingerprint density at radius 3 is 2.60 bits per heavy atom. The standard InChI is InChI=1S/C17H17ClN2/c1-12-7-8-17(15(9-12)11-19)20(3)13(2)14-5-4-6-16(18)10-14/h4-10,13H,1-3H3. The zero-order chi connectivity index (χ0) is 14.7. The van der Waals surface area contributed by atoms with Gasteiger partial charge < -0.3 is 4.90 Å². The van der Waals surface area contributed by atoms with Crippen LogP contribution in [0.4, 0.5) is 5.69 Å². The number of benzene rings is 2. The molecule has 0 bridgehead atoms. The monoisotopic (exact) mass is 284 g/mol. The summed E-state index contributed by atoms with van der Waals surface area (Å²) in [6, 6.07) is 16.2. The number of anilines is 1. The minimum Gasteiger partial charge on any atom is -0.367 e. The zero-order valence-electron chi connectivity index (χ0n) is 11.9. The number of rotatable bonds is 3. The molecule has 0 spiro atoms. The highest BCUT2D eigenvalue weighted by atomic mass is 35.5. The average molecular weight is 285 g/mol. The SMILES string of the molecule is Cc1ccc(N(C)C(C)c2cccc(Cl)c2)c(C#N)c1. The van der Waals surface area contributed by atoms with Gasteiger partial charge in [0.25, 0.3) is 0 Å². The van der Waals surface area contributed by atoms with Crippen molar-refractivity contribution in [2.45, 2.75) is 19.9 Å². The predicted molar refractivity (Wildman–Crippen MR) is 84.2 cm³/mol. The summed E-state index contributed by atoms with van der Waals surface area (Å²) in [5, 5.41) is 10.0. The number of hydrogen-bond donors (Lipinski definition) is 0. The molecule has 102 valence electrons. The molecule has 0 heterocycles. The molecule has 0 saturated carbocycles. The van der Waals surface area contributed by atoms with E-state index in [1.54, 1.807) is 0 Å². The van der Waals surface area contributed by atoms with Gasteiger partial charge in [0.2, 0.25) is 0 Å². The third-order valence-corrected chi connectivity index (χ3v) is 3.80. The van der Waals surface area contributed by atoms with E-state index in [0.29, 0.717) is 5.56 Å². The molecule has 0 aliphatic rings. The van der Waals surface area contributed by atoms with Gasteiger partial charge in [-0.1, -0.05) is 29.8 Å². The first-order valence-corrected chi connectivity index (χ1v) is 6.89. The second kappa shape index (κ2) is 5.98. The Labute approximate surface area is 125 Å². The lowest BCUT2D eigenvalue weighted by Crippen LogP contribution is -2.22. The second-order valence-corrected chi connectivity index (χ2v) is 5.41. The fourth-order valence-electron chi connectivity index (χ4n) is 2.25. The Bertz CT molecular complexity index is 658. The van der Waals surface area contributed by atoms with Crippen LogP contribution in [0.15, 0.2) is 42.5 Å². The van der Waals surface area contributed by atoms with Crippen LogP contribution in [0.2, 0.25) is 5.02 Å². The summed E-state index contributed by atoms with van der Waals surface area (Å²) >= 11 is 6.05. The van der Waals surface area contributed by atoms with E-state index >= 15 is 0 Å². The van der Waals surface area contributed by atoms with Crippen molar-refractivity contribution in [3.63, 3.8) is 0 Å². The minimum atomic E-state index is 0.142. The third-order valence-electron chi connectivity index (χ3n) is 3.56. The summed E-state index contributed by atoms with van der Waals surface area (Å²) in [7, 11) is 2.00. The first-order valence-electron chi connectivity index (χ1n) is 6.52. The zero-order valence-corrected chi connectivity index (χ0v) is 12.6. The molecule has 0 N–H and O–H groups in total. The lowest BCUT2D eigenvalue weighted by atomic mass is 10.0. The van der Waals surface area contributed by atoms with E-state index in [4.69, 9.17) is 11.6 Å². The van der Waals surface area contributed by atoms with Crippen molar-refractivity contribution in [2.75, 3.05) is 11.9 Å². The van der Waals surface area contributed by atoms with Crippen LogP contribution in [-0.2, 0) is 0 Å². The molecule has 1 atom stereocenters. The van der Waals surface area contributed by atoms with Gasteiger partial charge in [0.1, 0.15) is 6.07 Å². The fourth-order valence-corrected chi connectivity index (χ4v) is 2.44. The van der Waals surface area contributed by atoms with Crippen LogP contribution >= 0.6 is 11.6 Å². The highest BCUT2D eigenvalue weighted by Crippen LogP contribution is 2.29. The summed E-state index contributed by atoms with van der Waals surface area (Å²) in [5.41, 5.74) is 3.85. The quantitative estimate of drug-likeness (QED) is 0.815. The lowest BCUT2D eigenvalue weighted by Gasteiger charge is -2.28. The molecule has 0 aromatic heterocycles. The third kappa shape index (κ3) is 2.95. The summed E-state index contributed by atoms with van der Waals surface area (Å²) < 4.78 is 0. The van der Waals surface area contributed by atoms with Crippen LogP contribution in [0, 0.1) is 18.3 Å². The van der Waals surface area contributed by atoms with E-state index in [9.17, 15) is 5.26 Å². The van der Waals surface area contributed by atoms with E-state index in [1.807, 2.05) is 56.4 Å². The van der Waals surface area contributed by atoms with Gasteiger partial charge in [-0.3, -0.25) is 0 Å². The predicted octanol–water partition coefficient (Wildman–Crippen LogP) is 4.72. The summed E-state index contributed by atoms with van der Waals surface area (Å²) in [6.07, 6.45) is 0. The molecule has 2 rings (SSSR count). The van der Waals surface area contributed by atoms with Gasteiger partial charge in [-0.15, -0.1) is 0 Å². The fraction of sp³-hybridized carbons (Fsp3) is 0.235. The molecule has 0 amide bonds. The molecule has 0 aliphatic heterocycles. The second-order valence-electron chi connectivity index (χ2n) is 4.97. The normalized spacial score (nSPS) is 11.8. The van der Waals surface area contributed by atoms with Gasteiger partial charge in [-0.05, 0) is 49.2 Å². The number of halogens is 1. The van der Waals surface area contributed by atoms with E-state index in [2.05, 4.69) is 17.9 Å². The molecule has 2 nitrogen and oxygen atoms in total. The van der Waals surface area contributed by atoms with Crippen LogP contribution in [0.25, 0.3) is 0 Å². The summed E-state index contributed by atoms with van der Waals surface area (Å²) in [5.74, 6) is 0. The molecular weight excluding hydrogens is 268 g/mol. The van der Waals surface area contributed by atoms with Crippen molar-refractivity contribution in [1.82, 2.24) is 0 Å². The first-order chi connectivity index (χ1) is 9.52. The van der Waals surface area contributed by atoms with Crippen molar-refractivity contribution in [3.05, 3.63) is 64.2 Å². The number of nitrogens with zero attached hydrogens (tertiary/aromatic N) is 2. The van der Waals surface area contributed by atoms with Crippen molar-refractivity contribution in [2.24, 2.45) is 0 Å². The van der Waals surface area contributed by atoms with Crippen molar-refractivity contribution >= 4 is 17.3 Å². The minimum absolute atomic E-state index is 0.142. The summed E-state index contributed by atoms with van der Waals surface area (Å²) in [4.78, 5) is 2.10. The Morgan fingerprint density at radius 1 is 1.20 bits per heavy atom. The van der Waals surface area contributed by atoms with Crippen molar-refractivity contribution < 1.29 is 0 Å². The molecule has 2 aromatic carbocycles. The van der Waals surface area contributed by atoms with Gasteiger partial charge in [-0.2, -0.15) is 5.26 Å². The molecule has 20 heavy (non-hydrogen) atoms. The molecule has 3 heteroatoms. The van der Waals surface area contributed by atoms with Crippen LogP contribution < -0.4 is 4.90 Å². The highest BCUT2D eigenvalue weighted by Gasteiger charge is 2.15. The topological polar surface area (TPSA) is 27.0 Å². The number of hydrogen-bond acceptors (Lipinski definition) is 2. The van der Waals surface area contributed by atoms with Crippen LogP contribution in [0.1, 0.15) is 29.7 Å². The Kier molecular flexibility index (Phi) is 4.32. The number of aryl methyl sites for hydroxylation is 1. The van der Waals surface area contributed by atoms with Gasteiger partial charge in [-0.25, -0.2) is 0 Å². The number of nitriles is 1. The van der Waals surface area contributed by atoms with E-state index in [1.165, 1.54) is 0 Å². The molecule has 1 unspecified atom stereocenters. The lowest BCUT2D eigenvalue weighted by molar-refractivity contribution is 0.739. The Hall–Kier alpha value is -1.98. The summed E-state index contributed by atoms with van der Waals surface area (Å²) in [6.45, 7) is 4.09. The average Bonchev–Trinajstić information content (AvgIpc) is 2.45. The molecule has 0 radical (unpaired) electrons. The van der Waals surface area contributed by atoms with E-state index in [0.717, 1.165) is 21.8 Å². The van der Waals surface area contributed by atoms with Gasteiger partial charge >= 0.3 is 0 Å². The van der Waals surface area contributed by atoms with Crippen LogP contribution in [0.3, 0.4) is 0 Å². The maximum Gasteiger partial charge on any atom is 0.101 e. The Morgan fingerprint density at radius 2 is 1.95 bits per heavy atom. The molecule has 2 aromatic rings. The Balaban J connectivity index is 2.36. The largest absolute Gasteiger partial charge is 0.367 e. The highest BCUT2D eigenvalue weighted by molar-refractivity contribution is 6.30. The molecular formula is C17H17ClN2. The molecule has 0 fully saturated rings. The van der Waals surface area contributed by atoms with Crippen LogP contribution in [-0.4, -0.2) is 7.05 Å². The van der Waals surface area contributed by atoms with Crippen molar-refractivity contribution in [1.29, 1.82) is 5.26 Å². The van der Waals surface area contributed by atoms with Crippen molar-refractivity contribution in [3.8, 4) is 6.07 Å². The molecule has 0 aliphatic carbocycles. The van der Waals surface area contributed by atoms with Gasteiger partial charge in [0.15, 0.2) is 0 Å². The maximum absolute atomic E-state index is 9.29.